The van der Waals surface area contributed by atoms with Gasteiger partial charge in [-0.15, -0.1) is 6.58 Å². The maximum Gasteiger partial charge on any atom is -0.0237 e. The lowest BCUT2D eigenvalue weighted by molar-refractivity contribution is 0.585. The third-order valence-electron chi connectivity index (χ3n) is 1.89. The molecule has 0 radical (unpaired) electrons. The first-order chi connectivity index (χ1) is 4.68. The van der Waals surface area contributed by atoms with Crippen molar-refractivity contribution in [3.05, 3.63) is 24.8 Å². The van der Waals surface area contributed by atoms with Crippen molar-refractivity contribution in [3.63, 3.8) is 0 Å². The minimum Gasteiger partial charge on any atom is -0.103 e. The van der Waals surface area contributed by atoms with Gasteiger partial charge in [0.15, 0.2) is 0 Å². The van der Waals surface area contributed by atoms with Crippen LogP contribution in [0.4, 0.5) is 0 Å². The van der Waals surface area contributed by atoms with E-state index in [4.69, 9.17) is 0 Å². The van der Waals surface area contributed by atoms with Gasteiger partial charge < -0.3 is 0 Å². The molecular weight excluding hydrogens is 120 g/mol. The first kappa shape index (κ1) is 9.48. The maximum absolute atomic E-state index is 3.91. The van der Waals surface area contributed by atoms with Crippen molar-refractivity contribution in [3.8, 4) is 0 Å². The van der Waals surface area contributed by atoms with Gasteiger partial charge in [0.2, 0.25) is 0 Å². The smallest absolute Gasteiger partial charge is 0.0237 e. The molecule has 58 valence electrons. The second kappa shape index (κ2) is 5.28. The molecule has 1 atom stereocenters. The normalized spacial score (nSPS) is 12.6. The number of hydrogen-bond acceptors (Lipinski definition) is 0. The van der Waals surface area contributed by atoms with Gasteiger partial charge in [-0.2, -0.15) is 0 Å². The zero-order chi connectivity index (χ0) is 7.98. The van der Waals surface area contributed by atoms with E-state index in [0.717, 1.165) is 6.42 Å². The molecule has 0 aliphatic rings. The van der Waals surface area contributed by atoms with Gasteiger partial charge in [-0.3, -0.25) is 0 Å². The van der Waals surface area contributed by atoms with E-state index in [2.05, 4.69) is 27.0 Å². The molecule has 0 N–H and O–H groups in total. The van der Waals surface area contributed by atoms with E-state index in [9.17, 15) is 0 Å². The van der Waals surface area contributed by atoms with Crippen LogP contribution in [-0.2, 0) is 0 Å². The second-order valence-electron chi connectivity index (χ2n) is 2.97. The first-order valence-corrected chi connectivity index (χ1v) is 3.94. The van der Waals surface area contributed by atoms with E-state index >= 15 is 0 Å². The summed E-state index contributed by atoms with van der Waals surface area (Å²) in [5, 5.41) is 0. The molecule has 0 saturated carbocycles. The van der Waals surface area contributed by atoms with Crippen LogP contribution >= 0.6 is 0 Å². The van der Waals surface area contributed by atoms with Crippen LogP contribution in [-0.4, -0.2) is 0 Å². The molecule has 10 heavy (non-hydrogen) atoms. The predicted molar refractivity (Wildman–Crippen MR) is 48.0 cm³/mol. The highest BCUT2D eigenvalue weighted by atomic mass is 14.0. The number of unbranched alkanes of at least 4 members (excludes halogenated alkanes) is 1. The number of rotatable bonds is 5. The van der Waals surface area contributed by atoms with Gasteiger partial charge in [0.1, 0.15) is 0 Å². The summed E-state index contributed by atoms with van der Waals surface area (Å²) in [6, 6.07) is 0. The Morgan fingerprint density at radius 3 is 2.60 bits per heavy atom. The molecule has 0 amide bonds. The molecule has 0 fully saturated rings. The minimum atomic E-state index is 0.681. The van der Waals surface area contributed by atoms with Gasteiger partial charge in [-0.25, -0.2) is 0 Å². The summed E-state index contributed by atoms with van der Waals surface area (Å²) >= 11 is 0. The van der Waals surface area contributed by atoms with Gasteiger partial charge >= 0.3 is 0 Å². The molecule has 0 aromatic carbocycles. The minimum absolute atomic E-state index is 0.681. The lowest BCUT2D eigenvalue weighted by Crippen LogP contribution is -1.93. The highest BCUT2D eigenvalue weighted by Crippen LogP contribution is 2.14. The van der Waals surface area contributed by atoms with Crippen molar-refractivity contribution < 1.29 is 0 Å². The number of allylic oxidation sites excluding steroid dienone is 2. The molecule has 0 rings (SSSR count). The largest absolute Gasteiger partial charge is 0.103 e. The highest BCUT2D eigenvalue weighted by Gasteiger charge is 1.99. The van der Waals surface area contributed by atoms with E-state index in [1.165, 1.54) is 18.4 Å². The molecule has 1 unspecified atom stereocenters. The van der Waals surface area contributed by atoms with Crippen LogP contribution in [0, 0.1) is 5.92 Å². The third kappa shape index (κ3) is 4.37. The van der Waals surface area contributed by atoms with Gasteiger partial charge in [0, 0.05) is 0 Å². The first-order valence-electron chi connectivity index (χ1n) is 3.94. The average Bonchev–Trinajstić information content (AvgIpc) is 1.88. The molecule has 0 heteroatoms. The van der Waals surface area contributed by atoms with Crippen LogP contribution < -0.4 is 0 Å². The van der Waals surface area contributed by atoms with Gasteiger partial charge in [0.05, 0.1) is 0 Å². The van der Waals surface area contributed by atoms with Crippen LogP contribution in [0.15, 0.2) is 24.8 Å². The molecule has 0 nitrogen and oxygen atoms in total. The van der Waals surface area contributed by atoms with Gasteiger partial charge in [-0.1, -0.05) is 25.2 Å². The van der Waals surface area contributed by atoms with Crippen LogP contribution in [0.2, 0.25) is 0 Å². The quantitative estimate of drug-likeness (QED) is 0.402. The van der Waals surface area contributed by atoms with Crippen LogP contribution in [0.25, 0.3) is 0 Å². The molecule has 0 saturated heterocycles. The van der Waals surface area contributed by atoms with Crippen LogP contribution in [0.3, 0.4) is 0 Å². The Labute approximate surface area is 64.6 Å². The Bertz CT molecular complexity index is 111. The molecule has 0 aliphatic heterocycles. The second-order valence-corrected chi connectivity index (χ2v) is 2.97. The zero-order valence-electron chi connectivity index (χ0n) is 7.19. The summed E-state index contributed by atoms with van der Waals surface area (Å²) in [5.41, 5.74) is 1.30. The van der Waals surface area contributed by atoms with E-state index in [1.807, 2.05) is 6.08 Å². The lowest BCUT2D eigenvalue weighted by Gasteiger charge is -2.08. The van der Waals surface area contributed by atoms with E-state index in [0.29, 0.717) is 5.92 Å². The third-order valence-corrected chi connectivity index (χ3v) is 1.89. The van der Waals surface area contributed by atoms with Gasteiger partial charge in [-0.05, 0) is 32.1 Å². The summed E-state index contributed by atoms with van der Waals surface area (Å²) in [4.78, 5) is 0. The summed E-state index contributed by atoms with van der Waals surface area (Å²) in [7, 11) is 0. The SMILES string of the molecule is C=CCCCC(C)C(=C)C. The molecule has 0 spiro atoms. The average molecular weight is 138 g/mol. The van der Waals surface area contributed by atoms with Crippen molar-refractivity contribution in [2.24, 2.45) is 5.92 Å². The molecule has 0 aromatic rings. The van der Waals surface area contributed by atoms with E-state index in [1.54, 1.807) is 0 Å². The Kier molecular flexibility index (Phi) is 5.00. The molecule has 0 heterocycles. The van der Waals surface area contributed by atoms with Crippen molar-refractivity contribution >= 4 is 0 Å². The van der Waals surface area contributed by atoms with E-state index < -0.39 is 0 Å². The maximum atomic E-state index is 3.91. The van der Waals surface area contributed by atoms with Crippen molar-refractivity contribution in [2.75, 3.05) is 0 Å². The Morgan fingerprint density at radius 1 is 1.60 bits per heavy atom. The fourth-order valence-electron chi connectivity index (χ4n) is 0.815. The van der Waals surface area contributed by atoms with Crippen molar-refractivity contribution in [1.82, 2.24) is 0 Å². The fraction of sp³-hybridized carbons (Fsp3) is 0.600. The molecular formula is C10H18. The highest BCUT2D eigenvalue weighted by molar-refractivity contribution is 4.93. The lowest BCUT2D eigenvalue weighted by atomic mass is 9.98. The zero-order valence-corrected chi connectivity index (χ0v) is 7.19. The van der Waals surface area contributed by atoms with Crippen molar-refractivity contribution in [1.29, 1.82) is 0 Å². The Balaban J connectivity index is 3.30. The topological polar surface area (TPSA) is 0 Å². The summed E-state index contributed by atoms with van der Waals surface area (Å²) in [5.74, 6) is 0.681. The standard InChI is InChI=1S/C10H18/c1-5-6-7-8-10(4)9(2)3/h5,10H,1-2,6-8H2,3-4H3. The summed E-state index contributed by atoms with van der Waals surface area (Å²) in [6.45, 7) is 11.9. The number of hydrogen-bond donors (Lipinski definition) is 0. The van der Waals surface area contributed by atoms with Crippen molar-refractivity contribution in [2.45, 2.75) is 33.1 Å². The summed E-state index contributed by atoms with van der Waals surface area (Å²) < 4.78 is 0. The Morgan fingerprint density at radius 2 is 2.20 bits per heavy atom. The predicted octanol–water partition coefficient (Wildman–Crippen LogP) is 3.55. The van der Waals surface area contributed by atoms with Crippen LogP contribution in [0.5, 0.6) is 0 Å². The fourth-order valence-corrected chi connectivity index (χ4v) is 0.815. The monoisotopic (exact) mass is 138 g/mol. The Hall–Kier alpha value is -0.520. The summed E-state index contributed by atoms with van der Waals surface area (Å²) in [6.07, 6.45) is 5.61. The molecule has 0 bridgehead atoms. The molecule has 0 aromatic heterocycles. The van der Waals surface area contributed by atoms with Crippen LogP contribution in [0.1, 0.15) is 33.1 Å². The molecule has 0 aliphatic carbocycles. The van der Waals surface area contributed by atoms with Gasteiger partial charge in [0.25, 0.3) is 0 Å². The van der Waals surface area contributed by atoms with E-state index in [-0.39, 0.29) is 0 Å².